The smallest absolute Gasteiger partial charge is 0.242 e. The van der Waals surface area contributed by atoms with Crippen molar-refractivity contribution >= 4 is 11.8 Å². The minimum atomic E-state index is -0.397. The first kappa shape index (κ1) is 18.2. The molecule has 4 nitrogen and oxygen atoms in total. The van der Waals surface area contributed by atoms with Crippen LogP contribution in [0.2, 0.25) is 0 Å². The number of hydrogen-bond donors (Lipinski definition) is 1. The van der Waals surface area contributed by atoms with Crippen molar-refractivity contribution in [3.8, 4) is 0 Å². The average Bonchev–Trinajstić information content (AvgIpc) is 2.53. The SMILES string of the molecule is CCCNC(=O)[C@H](CC)N(Cc1ccccc1)C(=O)CCC. The zero-order valence-corrected chi connectivity index (χ0v) is 14.0. The van der Waals surface area contributed by atoms with Gasteiger partial charge < -0.3 is 10.2 Å². The van der Waals surface area contributed by atoms with Gasteiger partial charge in [0, 0.05) is 19.5 Å². The van der Waals surface area contributed by atoms with E-state index in [2.05, 4.69) is 5.32 Å². The molecule has 0 aliphatic rings. The third-order valence-corrected chi connectivity index (χ3v) is 3.59. The summed E-state index contributed by atoms with van der Waals surface area (Å²) in [7, 11) is 0. The highest BCUT2D eigenvalue weighted by atomic mass is 16.2. The maximum atomic E-state index is 12.5. The van der Waals surface area contributed by atoms with E-state index in [1.807, 2.05) is 51.1 Å². The standard InChI is InChI=1S/C18H28N2O2/c1-4-10-17(21)20(14-15-11-8-7-9-12-15)16(6-3)18(22)19-13-5-2/h7-9,11-12,16H,4-6,10,13-14H2,1-3H3,(H,19,22)/t16-/m0/s1. The van der Waals surface area contributed by atoms with E-state index >= 15 is 0 Å². The number of nitrogens with one attached hydrogen (secondary N) is 1. The monoisotopic (exact) mass is 304 g/mol. The first-order chi connectivity index (χ1) is 10.6. The molecule has 1 atom stereocenters. The lowest BCUT2D eigenvalue weighted by atomic mass is 10.1. The van der Waals surface area contributed by atoms with Crippen LogP contribution in [-0.4, -0.2) is 29.3 Å². The van der Waals surface area contributed by atoms with E-state index < -0.39 is 6.04 Å². The summed E-state index contributed by atoms with van der Waals surface area (Å²) in [6, 6.07) is 9.44. The van der Waals surface area contributed by atoms with E-state index in [9.17, 15) is 9.59 Å². The quantitative estimate of drug-likeness (QED) is 0.762. The molecule has 2 amide bonds. The molecule has 0 aliphatic heterocycles. The number of nitrogens with zero attached hydrogens (tertiary/aromatic N) is 1. The summed E-state index contributed by atoms with van der Waals surface area (Å²) in [5.74, 6) is -0.00501. The van der Waals surface area contributed by atoms with Gasteiger partial charge in [0.2, 0.25) is 11.8 Å². The Bertz CT molecular complexity index is 459. The molecule has 4 heteroatoms. The molecule has 0 spiro atoms. The van der Waals surface area contributed by atoms with Crippen molar-refractivity contribution in [1.82, 2.24) is 10.2 Å². The molecule has 1 N–H and O–H groups in total. The van der Waals surface area contributed by atoms with Crippen LogP contribution in [0.4, 0.5) is 0 Å². The number of carbonyl (C=O) groups is 2. The van der Waals surface area contributed by atoms with Crippen LogP contribution in [0, 0.1) is 0 Å². The van der Waals surface area contributed by atoms with E-state index in [1.54, 1.807) is 4.90 Å². The van der Waals surface area contributed by atoms with Gasteiger partial charge in [0.05, 0.1) is 0 Å². The topological polar surface area (TPSA) is 49.4 Å². The van der Waals surface area contributed by atoms with E-state index in [4.69, 9.17) is 0 Å². The van der Waals surface area contributed by atoms with E-state index in [1.165, 1.54) is 0 Å². The molecule has 0 aromatic heterocycles. The van der Waals surface area contributed by atoms with Crippen LogP contribution in [0.15, 0.2) is 30.3 Å². The maximum absolute atomic E-state index is 12.5. The predicted octanol–water partition coefficient (Wildman–Crippen LogP) is 3.12. The van der Waals surface area contributed by atoms with Crippen LogP contribution in [-0.2, 0) is 16.1 Å². The van der Waals surface area contributed by atoms with Gasteiger partial charge in [-0.3, -0.25) is 9.59 Å². The molecule has 1 aromatic carbocycles. The van der Waals surface area contributed by atoms with Crippen molar-refractivity contribution in [2.24, 2.45) is 0 Å². The van der Waals surface area contributed by atoms with Gasteiger partial charge in [-0.2, -0.15) is 0 Å². The van der Waals surface area contributed by atoms with E-state index in [-0.39, 0.29) is 11.8 Å². The second-order valence-corrected chi connectivity index (χ2v) is 5.47. The third-order valence-electron chi connectivity index (χ3n) is 3.59. The van der Waals surface area contributed by atoms with Crippen molar-refractivity contribution in [2.45, 2.75) is 59.0 Å². The highest BCUT2D eigenvalue weighted by molar-refractivity contribution is 5.87. The van der Waals surface area contributed by atoms with Crippen LogP contribution in [0.3, 0.4) is 0 Å². The molecule has 22 heavy (non-hydrogen) atoms. The van der Waals surface area contributed by atoms with Gasteiger partial charge in [0.25, 0.3) is 0 Å². The Balaban J connectivity index is 2.91. The summed E-state index contributed by atoms with van der Waals surface area (Å²) in [4.78, 5) is 26.6. The van der Waals surface area contributed by atoms with Crippen LogP contribution < -0.4 is 5.32 Å². The first-order valence-corrected chi connectivity index (χ1v) is 8.25. The minimum Gasteiger partial charge on any atom is -0.354 e. The normalized spacial score (nSPS) is 11.8. The van der Waals surface area contributed by atoms with Crippen LogP contribution in [0.1, 0.15) is 52.0 Å². The van der Waals surface area contributed by atoms with Crippen LogP contribution >= 0.6 is 0 Å². The average molecular weight is 304 g/mol. The highest BCUT2D eigenvalue weighted by Gasteiger charge is 2.27. The number of carbonyl (C=O) groups excluding carboxylic acids is 2. The summed E-state index contributed by atoms with van der Waals surface area (Å²) >= 11 is 0. The fourth-order valence-electron chi connectivity index (χ4n) is 2.42. The Hall–Kier alpha value is -1.84. The number of hydrogen-bond acceptors (Lipinski definition) is 2. The lowest BCUT2D eigenvalue weighted by Crippen LogP contribution is -2.49. The maximum Gasteiger partial charge on any atom is 0.242 e. The summed E-state index contributed by atoms with van der Waals surface area (Å²) < 4.78 is 0. The van der Waals surface area contributed by atoms with Crippen molar-refractivity contribution in [3.05, 3.63) is 35.9 Å². The van der Waals surface area contributed by atoms with Crippen LogP contribution in [0.25, 0.3) is 0 Å². The second kappa shape index (κ2) is 9.98. The van der Waals surface area contributed by atoms with E-state index in [0.717, 1.165) is 18.4 Å². The Kier molecular flexibility index (Phi) is 8.26. The summed E-state index contributed by atoms with van der Waals surface area (Å²) in [6.07, 6.45) is 2.78. The van der Waals surface area contributed by atoms with Gasteiger partial charge in [-0.15, -0.1) is 0 Å². The molecule has 0 radical (unpaired) electrons. The van der Waals surface area contributed by atoms with Crippen molar-refractivity contribution in [3.63, 3.8) is 0 Å². The Labute approximate surface area is 133 Å². The molecule has 1 aromatic rings. The van der Waals surface area contributed by atoms with Crippen molar-refractivity contribution < 1.29 is 9.59 Å². The Morgan fingerprint density at radius 3 is 2.32 bits per heavy atom. The molecular formula is C18H28N2O2. The highest BCUT2D eigenvalue weighted by Crippen LogP contribution is 2.14. The summed E-state index contributed by atoms with van der Waals surface area (Å²) in [6.45, 7) is 7.09. The van der Waals surface area contributed by atoms with Gasteiger partial charge in [-0.25, -0.2) is 0 Å². The van der Waals surface area contributed by atoms with Gasteiger partial charge in [0.1, 0.15) is 6.04 Å². The number of rotatable bonds is 9. The Morgan fingerprint density at radius 2 is 1.77 bits per heavy atom. The summed E-state index contributed by atoms with van der Waals surface area (Å²) in [5, 5.41) is 2.91. The molecule has 0 fully saturated rings. The molecule has 0 saturated heterocycles. The lowest BCUT2D eigenvalue weighted by Gasteiger charge is -2.30. The largest absolute Gasteiger partial charge is 0.354 e. The predicted molar refractivity (Wildman–Crippen MR) is 89.3 cm³/mol. The lowest BCUT2D eigenvalue weighted by molar-refractivity contribution is -0.141. The fraction of sp³-hybridized carbons (Fsp3) is 0.556. The molecular weight excluding hydrogens is 276 g/mol. The van der Waals surface area contributed by atoms with Gasteiger partial charge in [0.15, 0.2) is 0 Å². The second-order valence-electron chi connectivity index (χ2n) is 5.47. The van der Waals surface area contributed by atoms with Crippen molar-refractivity contribution in [1.29, 1.82) is 0 Å². The molecule has 0 saturated carbocycles. The third kappa shape index (κ3) is 5.51. The van der Waals surface area contributed by atoms with Crippen LogP contribution in [0.5, 0.6) is 0 Å². The van der Waals surface area contributed by atoms with Gasteiger partial charge in [-0.05, 0) is 24.8 Å². The minimum absolute atomic E-state index is 0.0462. The molecule has 122 valence electrons. The zero-order chi connectivity index (χ0) is 16.4. The molecule has 0 unspecified atom stereocenters. The van der Waals surface area contributed by atoms with Crippen molar-refractivity contribution in [2.75, 3.05) is 6.54 Å². The Morgan fingerprint density at radius 1 is 1.09 bits per heavy atom. The zero-order valence-electron chi connectivity index (χ0n) is 14.0. The molecule has 0 heterocycles. The number of amides is 2. The van der Waals surface area contributed by atoms with Gasteiger partial charge >= 0.3 is 0 Å². The summed E-state index contributed by atoms with van der Waals surface area (Å²) in [5.41, 5.74) is 1.05. The van der Waals surface area contributed by atoms with Gasteiger partial charge in [-0.1, -0.05) is 51.1 Å². The first-order valence-electron chi connectivity index (χ1n) is 8.25. The fourth-order valence-corrected chi connectivity index (χ4v) is 2.42. The molecule has 0 aliphatic carbocycles. The molecule has 1 rings (SSSR count). The molecule has 0 bridgehead atoms. The number of benzene rings is 1. The van der Waals surface area contributed by atoms with E-state index in [0.29, 0.717) is 25.9 Å².